The summed E-state index contributed by atoms with van der Waals surface area (Å²) < 4.78 is 11.1. The second kappa shape index (κ2) is 7.19. The van der Waals surface area contributed by atoms with E-state index in [9.17, 15) is 0 Å². The van der Waals surface area contributed by atoms with E-state index in [4.69, 9.17) is 9.47 Å². The quantitative estimate of drug-likeness (QED) is 0.742. The summed E-state index contributed by atoms with van der Waals surface area (Å²) >= 11 is 3.47. The average molecular weight is 321 g/mol. The normalized spacial score (nSPS) is 10.2. The van der Waals surface area contributed by atoms with Crippen LogP contribution in [0.25, 0.3) is 0 Å². The predicted molar refractivity (Wildman–Crippen MR) is 81.3 cm³/mol. The van der Waals surface area contributed by atoms with Crippen LogP contribution in [0.2, 0.25) is 0 Å². The summed E-state index contributed by atoms with van der Waals surface area (Å²) in [5, 5.41) is 0.755. The van der Waals surface area contributed by atoms with Crippen LogP contribution in [0.3, 0.4) is 0 Å². The number of ether oxygens (including phenoxy) is 2. The molecule has 0 radical (unpaired) electrons. The highest BCUT2D eigenvalue weighted by molar-refractivity contribution is 9.08. The SMILES string of the molecule is COc1ccc(OCCc2ccccc2)c(CBr)c1. The van der Waals surface area contributed by atoms with Gasteiger partial charge in [-0.15, -0.1) is 0 Å². The lowest BCUT2D eigenvalue weighted by Gasteiger charge is -2.11. The van der Waals surface area contributed by atoms with Crippen molar-refractivity contribution in [3.8, 4) is 11.5 Å². The van der Waals surface area contributed by atoms with Crippen molar-refractivity contribution in [2.45, 2.75) is 11.8 Å². The van der Waals surface area contributed by atoms with Gasteiger partial charge in [0.25, 0.3) is 0 Å². The Morgan fingerprint density at radius 3 is 2.53 bits per heavy atom. The Morgan fingerprint density at radius 2 is 1.84 bits per heavy atom. The van der Waals surface area contributed by atoms with E-state index in [0.717, 1.165) is 28.8 Å². The first kappa shape index (κ1) is 13.9. The molecule has 0 amide bonds. The molecule has 2 aromatic rings. The van der Waals surface area contributed by atoms with Crippen molar-refractivity contribution in [2.24, 2.45) is 0 Å². The summed E-state index contributed by atoms with van der Waals surface area (Å²) in [5.41, 5.74) is 2.39. The third-order valence-electron chi connectivity index (χ3n) is 2.90. The molecule has 100 valence electrons. The highest BCUT2D eigenvalue weighted by Gasteiger charge is 2.04. The second-order valence-electron chi connectivity index (χ2n) is 4.19. The van der Waals surface area contributed by atoms with Crippen molar-refractivity contribution in [1.29, 1.82) is 0 Å². The molecule has 0 saturated heterocycles. The van der Waals surface area contributed by atoms with Gasteiger partial charge in [0.05, 0.1) is 13.7 Å². The van der Waals surface area contributed by atoms with Gasteiger partial charge in [0.15, 0.2) is 0 Å². The van der Waals surface area contributed by atoms with E-state index in [2.05, 4.69) is 28.1 Å². The fourth-order valence-electron chi connectivity index (χ4n) is 1.85. The van der Waals surface area contributed by atoms with Gasteiger partial charge in [-0.25, -0.2) is 0 Å². The molecule has 0 fully saturated rings. The maximum absolute atomic E-state index is 5.85. The number of hydrogen-bond acceptors (Lipinski definition) is 2. The lowest BCUT2D eigenvalue weighted by Crippen LogP contribution is -2.03. The lowest BCUT2D eigenvalue weighted by molar-refractivity contribution is 0.318. The van der Waals surface area contributed by atoms with Gasteiger partial charge in [0, 0.05) is 17.3 Å². The third-order valence-corrected chi connectivity index (χ3v) is 3.51. The molecule has 0 aliphatic heterocycles. The molecule has 0 N–H and O–H groups in total. The van der Waals surface area contributed by atoms with Crippen LogP contribution in [0, 0.1) is 0 Å². The molecule has 3 heteroatoms. The largest absolute Gasteiger partial charge is 0.497 e. The van der Waals surface area contributed by atoms with E-state index < -0.39 is 0 Å². The van der Waals surface area contributed by atoms with Crippen LogP contribution in [0.15, 0.2) is 48.5 Å². The number of hydrogen-bond donors (Lipinski definition) is 0. The van der Waals surface area contributed by atoms with Crippen molar-refractivity contribution < 1.29 is 9.47 Å². The summed E-state index contributed by atoms with van der Waals surface area (Å²) in [6.07, 6.45) is 0.911. The van der Waals surface area contributed by atoms with Crippen LogP contribution >= 0.6 is 15.9 Å². The van der Waals surface area contributed by atoms with E-state index in [1.807, 2.05) is 36.4 Å². The number of benzene rings is 2. The van der Waals surface area contributed by atoms with E-state index in [0.29, 0.717) is 6.61 Å². The molecule has 19 heavy (non-hydrogen) atoms. The summed E-state index contributed by atoms with van der Waals surface area (Å²) in [4.78, 5) is 0. The van der Waals surface area contributed by atoms with Crippen molar-refractivity contribution >= 4 is 15.9 Å². The summed E-state index contributed by atoms with van der Waals surface area (Å²) in [5.74, 6) is 1.76. The second-order valence-corrected chi connectivity index (χ2v) is 4.75. The summed E-state index contributed by atoms with van der Waals surface area (Å²) in [6, 6.07) is 16.2. The molecule has 0 unspecified atom stereocenters. The highest BCUT2D eigenvalue weighted by atomic mass is 79.9. The van der Waals surface area contributed by atoms with Crippen molar-refractivity contribution in [1.82, 2.24) is 0 Å². The first-order chi connectivity index (χ1) is 9.33. The first-order valence-corrected chi connectivity index (χ1v) is 7.35. The fourth-order valence-corrected chi connectivity index (χ4v) is 2.29. The minimum atomic E-state index is 0.677. The smallest absolute Gasteiger partial charge is 0.123 e. The Balaban J connectivity index is 1.96. The van der Waals surface area contributed by atoms with Gasteiger partial charge in [-0.2, -0.15) is 0 Å². The Bertz CT molecular complexity index is 511. The highest BCUT2D eigenvalue weighted by Crippen LogP contribution is 2.26. The molecule has 0 heterocycles. The molecule has 0 aliphatic rings. The molecule has 0 bridgehead atoms. The van der Waals surface area contributed by atoms with Gasteiger partial charge in [-0.3, -0.25) is 0 Å². The first-order valence-electron chi connectivity index (χ1n) is 6.23. The van der Waals surface area contributed by atoms with Gasteiger partial charge >= 0.3 is 0 Å². The van der Waals surface area contributed by atoms with Crippen LogP contribution in [-0.4, -0.2) is 13.7 Å². The number of rotatable bonds is 6. The van der Waals surface area contributed by atoms with Crippen molar-refractivity contribution in [2.75, 3.05) is 13.7 Å². The predicted octanol–water partition coefficient (Wildman–Crippen LogP) is 4.21. The Hall–Kier alpha value is -1.48. The molecule has 0 aromatic heterocycles. The van der Waals surface area contributed by atoms with E-state index in [1.54, 1.807) is 7.11 Å². The van der Waals surface area contributed by atoms with Crippen molar-refractivity contribution in [3.63, 3.8) is 0 Å². The summed E-state index contributed by atoms with van der Waals surface area (Å²) in [7, 11) is 1.67. The van der Waals surface area contributed by atoms with Gasteiger partial charge in [-0.1, -0.05) is 46.3 Å². The molecule has 2 rings (SSSR count). The number of halogens is 1. The average Bonchev–Trinajstić information content (AvgIpc) is 2.48. The topological polar surface area (TPSA) is 18.5 Å². The Kier molecular flexibility index (Phi) is 5.28. The monoisotopic (exact) mass is 320 g/mol. The Labute approximate surface area is 122 Å². The molecule has 0 atom stereocenters. The Morgan fingerprint density at radius 1 is 1.05 bits per heavy atom. The lowest BCUT2D eigenvalue weighted by atomic mass is 10.2. The molecular weight excluding hydrogens is 304 g/mol. The maximum Gasteiger partial charge on any atom is 0.123 e. The zero-order chi connectivity index (χ0) is 13.5. The molecule has 0 spiro atoms. The fraction of sp³-hybridized carbons (Fsp3) is 0.250. The minimum Gasteiger partial charge on any atom is -0.497 e. The van der Waals surface area contributed by atoms with Crippen LogP contribution in [0.4, 0.5) is 0 Å². The number of methoxy groups -OCH3 is 1. The molecule has 0 aliphatic carbocycles. The molecule has 2 aromatic carbocycles. The van der Waals surface area contributed by atoms with E-state index >= 15 is 0 Å². The van der Waals surface area contributed by atoms with Gasteiger partial charge in [0.2, 0.25) is 0 Å². The molecule has 0 saturated carbocycles. The van der Waals surface area contributed by atoms with Crippen LogP contribution in [0.1, 0.15) is 11.1 Å². The third kappa shape index (κ3) is 4.00. The van der Waals surface area contributed by atoms with Gasteiger partial charge < -0.3 is 9.47 Å². The minimum absolute atomic E-state index is 0.677. The van der Waals surface area contributed by atoms with Crippen LogP contribution in [-0.2, 0) is 11.8 Å². The van der Waals surface area contributed by atoms with Gasteiger partial charge in [0.1, 0.15) is 11.5 Å². The summed E-state index contributed by atoms with van der Waals surface area (Å²) in [6.45, 7) is 0.677. The standard InChI is InChI=1S/C16H17BrO2/c1-18-15-7-8-16(14(11-15)12-17)19-10-9-13-5-3-2-4-6-13/h2-8,11H,9-10,12H2,1H3. The van der Waals surface area contributed by atoms with Crippen molar-refractivity contribution in [3.05, 3.63) is 59.7 Å². The zero-order valence-corrected chi connectivity index (χ0v) is 12.5. The van der Waals surface area contributed by atoms with Crippen LogP contribution in [0.5, 0.6) is 11.5 Å². The van der Waals surface area contributed by atoms with Gasteiger partial charge in [-0.05, 0) is 23.8 Å². The van der Waals surface area contributed by atoms with Crippen LogP contribution < -0.4 is 9.47 Å². The van der Waals surface area contributed by atoms with E-state index in [-0.39, 0.29) is 0 Å². The molecule has 2 nitrogen and oxygen atoms in total. The maximum atomic E-state index is 5.85. The number of alkyl halides is 1. The zero-order valence-electron chi connectivity index (χ0n) is 10.9. The van der Waals surface area contributed by atoms with E-state index in [1.165, 1.54) is 5.56 Å². The molecular formula is C16H17BrO2.